The van der Waals surface area contributed by atoms with Gasteiger partial charge < -0.3 is 0 Å². The average Bonchev–Trinajstić information content (AvgIpc) is 3.14. The zero-order valence-electron chi connectivity index (χ0n) is 12.4. The number of hydrogen-bond donors (Lipinski definition) is 2. The molecular formula is C17H15N5. The fourth-order valence-corrected chi connectivity index (χ4v) is 2.56. The highest BCUT2D eigenvalue weighted by atomic mass is 15.2. The summed E-state index contributed by atoms with van der Waals surface area (Å²) >= 11 is 0. The zero-order chi connectivity index (χ0) is 15.1. The number of aromatic amines is 2. The number of rotatable bonds is 2. The van der Waals surface area contributed by atoms with Crippen LogP contribution in [0.4, 0.5) is 0 Å². The maximum absolute atomic E-state index is 4.46. The van der Waals surface area contributed by atoms with E-state index in [0.717, 1.165) is 33.5 Å². The van der Waals surface area contributed by atoms with E-state index in [1.165, 1.54) is 5.56 Å². The molecule has 4 aromatic rings. The SMILES string of the molecule is Cc1ccc(-c2n[nH]c3ccc(-c4n[nH]c(C)n4)cc23)cc1. The summed E-state index contributed by atoms with van der Waals surface area (Å²) in [6, 6.07) is 14.5. The van der Waals surface area contributed by atoms with Crippen molar-refractivity contribution in [2.45, 2.75) is 13.8 Å². The van der Waals surface area contributed by atoms with Crippen molar-refractivity contribution >= 4 is 10.9 Å². The molecule has 5 heteroatoms. The van der Waals surface area contributed by atoms with E-state index in [1.807, 2.05) is 19.1 Å². The van der Waals surface area contributed by atoms with E-state index in [4.69, 9.17) is 0 Å². The summed E-state index contributed by atoms with van der Waals surface area (Å²) in [5, 5.41) is 15.7. The minimum absolute atomic E-state index is 0.704. The van der Waals surface area contributed by atoms with Gasteiger partial charge in [-0.3, -0.25) is 10.2 Å². The summed E-state index contributed by atoms with van der Waals surface area (Å²) in [5.74, 6) is 1.51. The minimum atomic E-state index is 0.704. The molecule has 22 heavy (non-hydrogen) atoms. The van der Waals surface area contributed by atoms with Crippen molar-refractivity contribution < 1.29 is 0 Å². The van der Waals surface area contributed by atoms with Crippen molar-refractivity contribution in [1.29, 1.82) is 0 Å². The lowest BCUT2D eigenvalue weighted by molar-refractivity contribution is 1.04. The summed E-state index contributed by atoms with van der Waals surface area (Å²) in [6.45, 7) is 3.97. The molecule has 108 valence electrons. The molecule has 0 radical (unpaired) electrons. The van der Waals surface area contributed by atoms with Gasteiger partial charge in [0.05, 0.1) is 11.2 Å². The lowest BCUT2D eigenvalue weighted by atomic mass is 10.0. The molecule has 0 aliphatic carbocycles. The molecule has 0 spiro atoms. The fourth-order valence-electron chi connectivity index (χ4n) is 2.56. The monoisotopic (exact) mass is 289 g/mol. The Labute approximate surface area is 127 Å². The van der Waals surface area contributed by atoms with Gasteiger partial charge in [0.25, 0.3) is 0 Å². The van der Waals surface area contributed by atoms with E-state index in [1.54, 1.807) is 0 Å². The number of aromatic nitrogens is 5. The van der Waals surface area contributed by atoms with Crippen molar-refractivity contribution in [1.82, 2.24) is 25.4 Å². The summed E-state index contributed by atoms with van der Waals surface area (Å²) < 4.78 is 0. The van der Waals surface area contributed by atoms with Crippen LogP contribution in [0, 0.1) is 13.8 Å². The first-order valence-electron chi connectivity index (χ1n) is 7.15. The predicted molar refractivity (Wildman–Crippen MR) is 86.4 cm³/mol. The number of H-pyrrole nitrogens is 2. The molecule has 2 N–H and O–H groups in total. The molecule has 0 bridgehead atoms. The highest BCUT2D eigenvalue weighted by Gasteiger charge is 2.11. The Morgan fingerprint density at radius 1 is 0.818 bits per heavy atom. The molecule has 4 rings (SSSR count). The topological polar surface area (TPSA) is 70.2 Å². The molecule has 0 saturated carbocycles. The number of nitrogens with zero attached hydrogens (tertiary/aromatic N) is 3. The molecule has 0 atom stereocenters. The molecule has 2 aromatic heterocycles. The van der Waals surface area contributed by atoms with Gasteiger partial charge in [-0.05, 0) is 32.0 Å². The Morgan fingerprint density at radius 2 is 1.59 bits per heavy atom. The van der Waals surface area contributed by atoms with Crippen molar-refractivity contribution in [3.05, 3.63) is 53.9 Å². The van der Waals surface area contributed by atoms with Crippen LogP contribution in [0.3, 0.4) is 0 Å². The van der Waals surface area contributed by atoms with E-state index >= 15 is 0 Å². The van der Waals surface area contributed by atoms with Crippen LogP contribution in [-0.4, -0.2) is 25.4 Å². The smallest absolute Gasteiger partial charge is 0.181 e. The van der Waals surface area contributed by atoms with Gasteiger partial charge in [-0.1, -0.05) is 29.8 Å². The van der Waals surface area contributed by atoms with Crippen LogP contribution in [0.25, 0.3) is 33.5 Å². The summed E-state index contributed by atoms with van der Waals surface area (Å²) in [5.41, 5.74) is 5.27. The zero-order valence-corrected chi connectivity index (χ0v) is 12.4. The van der Waals surface area contributed by atoms with Crippen LogP contribution in [0.5, 0.6) is 0 Å². The van der Waals surface area contributed by atoms with Gasteiger partial charge in [-0.15, -0.1) is 0 Å². The maximum Gasteiger partial charge on any atom is 0.181 e. The Hall–Kier alpha value is -2.95. The lowest BCUT2D eigenvalue weighted by Crippen LogP contribution is -1.82. The van der Waals surface area contributed by atoms with E-state index in [0.29, 0.717) is 5.82 Å². The Kier molecular flexibility index (Phi) is 2.79. The number of benzene rings is 2. The minimum Gasteiger partial charge on any atom is -0.277 e. The molecule has 2 aromatic carbocycles. The van der Waals surface area contributed by atoms with Gasteiger partial charge in [-0.2, -0.15) is 10.2 Å². The van der Waals surface area contributed by atoms with Crippen LogP contribution >= 0.6 is 0 Å². The first-order valence-corrected chi connectivity index (χ1v) is 7.15. The summed E-state index contributed by atoms with van der Waals surface area (Å²) in [4.78, 5) is 4.39. The highest BCUT2D eigenvalue weighted by Crippen LogP contribution is 2.29. The molecule has 0 amide bonds. The standard InChI is InChI=1S/C17H15N5/c1-10-3-5-12(6-4-10)16-14-9-13(7-8-15(14)20-21-16)17-18-11(2)19-22-17/h3-9H,1-2H3,(H,20,21)(H,18,19,22). The number of hydrogen-bond acceptors (Lipinski definition) is 3. The number of aryl methyl sites for hydroxylation is 2. The second kappa shape index (κ2) is 4.80. The molecule has 2 heterocycles. The van der Waals surface area contributed by atoms with Gasteiger partial charge >= 0.3 is 0 Å². The van der Waals surface area contributed by atoms with E-state index in [2.05, 4.69) is 62.6 Å². The third-order valence-corrected chi connectivity index (χ3v) is 3.74. The van der Waals surface area contributed by atoms with Crippen LogP contribution in [-0.2, 0) is 0 Å². The Bertz CT molecular complexity index is 947. The van der Waals surface area contributed by atoms with Crippen LogP contribution in [0.2, 0.25) is 0 Å². The summed E-state index contributed by atoms with van der Waals surface area (Å²) in [7, 11) is 0. The Balaban J connectivity index is 1.88. The molecular weight excluding hydrogens is 274 g/mol. The second-order valence-corrected chi connectivity index (χ2v) is 5.44. The van der Waals surface area contributed by atoms with Gasteiger partial charge in [0.1, 0.15) is 5.82 Å². The van der Waals surface area contributed by atoms with Gasteiger partial charge in [0.2, 0.25) is 0 Å². The predicted octanol–water partition coefficient (Wildman–Crippen LogP) is 3.63. The molecule has 0 fully saturated rings. The summed E-state index contributed by atoms with van der Waals surface area (Å²) in [6.07, 6.45) is 0. The van der Waals surface area contributed by atoms with Crippen molar-refractivity contribution in [2.24, 2.45) is 0 Å². The number of nitrogens with one attached hydrogen (secondary N) is 2. The third kappa shape index (κ3) is 2.07. The van der Waals surface area contributed by atoms with Crippen LogP contribution in [0.1, 0.15) is 11.4 Å². The molecule has 0 aliphatic heterocycles. The van der Waals surface area contributed by atoms with Gasteiger partial charge in [-0.25, -0.2) is 4.98 Å². The highest BCUT2D eigenvalue weighted by molar-refractivity contribution is 5.95. The van der Waals surface area contributed by atoms with E-state index in [9.17, 15) is 0 Å². The number of fused-ring (bicyclic) bond motifs is 1. The van der Waals surface area contributed by atoms with Crippen LogP contribution in [0.15, 0.2) is 42.5 Å². The molecule has 0 aliphatic rings. The van der Waals surface area contributed by atoms with Crippen LogP contribution < -0.4 is 0 Å². The first-order chi connectivity index (χ1) is 10.7. The Morgan fingerprint density at radius 3 is 2.32 bits per heavy atom. The quantitative estimate of drug-likeness (QED) is 0.592. The lowest BCUT2D eigenvalue weighted by Gasteiger charge is -2.00. The maximum atomic E-state index is 4.46. The average molecular weight is 289 g/mol. The molecule has 5 nitrogen and oxygen atoms in total. The van der Waals surface area contributed by atoms with Crippen molar-refractivity contribution in [2.75, 3.05) is 0 Å². The first kappa shape index (κ1) is 12.8. The van der Waals surface area contributed by atoms with Gasteiger partial charge in [0, 0.05) is 16.5 Å². The second-order valence-electron chi connectivity index (χ2n) is 5.44. The third-order valence-electron chi connectivity index (χ3n) is 3.74. The van der Waals surface area contributed by atoms with E-state index in [-0.39, 0.29) is 0 Å². The van der Waals surface area contributed by atoms with Crippen molar-refractivity contribution in [3.63, 3.8) is 0 Å². The normalized spacial score (nSPS) is 11.2. The molecule has 0 saturated heterocycles. The van der Waals surface area contributed by atoms with Gasteiger partial charge in [0.15, 0.2) is 5.82 Å². The van der Waals surface area contributed by atoms with Crippen molar-refractivity contribution in [3.8, 4) is 22.6 Å². The van der Waals surface area contributed by atoms with E-state index < -0.39 is 0 Å². The molecule has 0 unspecified atom stereocenters. The fraction of sp³-hybridized carbons (Fsp3) is 0.118. The largest absolute Gasteiger partial charge is 0.277 e.